The third kappa shape index (κ3) is 3.50. The number of alkyl halides is 2. The number of sulfone groups is 1. The highest BCUT2D eigenvalue weighted by atomic mass is 79.9. The number of benzene rings is 2. The van der Waals surface area contributed by atoms with Crippen molar-refractivity contribution >= 4 is 31.7 Å². The second-order valence-corrected chi connectivity index (χ2v) is 6.92. The quantitative estimate of drug-likeness (QED) is 0.590. The fraction of sp³-hybridized carbons (Fsp3) is 0.0714. The van der Waals surface area contributed by atoms with Crippen LogP contribution in [-0.4, -0.2) is 20.1 Å². The van der Waals surface area contributed by atoms with Crippen LogP contribution < -0.4 is 4.74 Å². The van der Waals surface area contributed by atoms with Gasteiger partial charge in [-0.15, -0.1) is 0 Å². The van der Waals surface area contributed by atoms with Crippen molar-refractivity contribution in [2.24, 2.45) is 0 Å². The fourth-order valence-electron chi connectivity index (χ4n) is 1.57. The Balaban J connectivity index is 2.21. The van der Waals surface area contributed by atoms with Gasteiger partial charge in [0.25, 0.3) is 0 Å². The van der Waals surface area contributed by atoms with Crippen LogP contribution in [-0.2, 0) is 9.84 Å². The molecule has 0 amide bonds. The molecule has 0 aliphatic carbocycles. The van der Waals surface area contributed by atoms with Crippen molar-refractivity contribution < 1.29 is 26.7 Å². The van der Waals surface area contributed by atoms with Crippen LogP contribution in [0.2, 0.25) is 0 Å². The standard InChI is InChI=1S/C14H9BrF2O4S/c15-11-3-1-2-4-12(11)21-13(18)9-5-7-10(8-6-9)22(19,20)14(16)17/h1-8,14H. The van der Waals surface area contributed by atoms with Gasteiger partial charge >= 0.3 is 11.7 Å². The first kappa shape index (κ1) is 16.6. The molecule has 2 aromatic carbocycles. The summed E-state index contributed by atoms with van der Waals surface area (Å²) in [7, 11) is -4.68. The van der Waals surface area contributed by atoms with Crippen LogP contribution in [0.4, 0.5) is 8.78 Å². The molecular formula is C14H9BrF2O4S. The average molecular weight is 391 g/mol. The van der Waals surface area contributed by atoms with Gasteiger partial charge in [-0.2, -0.15) is 8.78 Å². The summed E-state index contributed by atoms with van der Waals surface area (Å²) in [6, 6.07) is 10.8. The van der Waals surface area contributed by atoms with Crippen molar-refractivity contribution in [3.63, 3.8) is 0 Å². The molecule has 0 N–H and O–H groups in total. The van der Waals surface area contributed by atoms with Crippen molar-refractivity contribution in [2.75, 3.05) is 0 Å². The van der Waals surface area contributed by atoms with E-state index in [2.05, 4.69) is 15.9 Å². The van der Waals surface area contributed by atoms with Gasteiger partial charge in [0.15, 0.2) is 0 Å². The highest BCUT2D eigenvalue weighted by Crippen LogP contribution is 2.25. The van der Waals surface area contributed by atoms with Crippen LogP contribution >= 0.6 is 15.9 Å². The van der Waals surface area contributed by atoms with Crippen molar-refractivity contribution in [3.05, 3.63) is 58.6 Å². The summed E-state index contributed by atoms with van der Waals surface area (Å²) in [4.78, 5) is 11.4. The zero-order valence-corrected chi connectivity index (χ0v) is 13.3. The molecule has 2 rings (SSSR count). The summed E-state index contributed by atoms with van der Waals surface area (Å²) in [6.07, 6.45) is 0. The smallest absolute Gasteiger partial charge is 0.343 e. The number of carbonyl (C=O) groups is 1. The van der Waals surface area contributed by atoms with E-state index in [1.54, 1.807) is 24.3 Å². The van der Waals surface area contributed by atoms with Gasteiger partial charge in [-0.25, -0.2) is 13.2 Å². The van der Waals surface area contributed by atoms with E-state index in [4.69, 9.17) is 4.74 Å². The molecule has 0 spiro atoms. The molecule has 4 nitrogen and oxygen atoms in total. The molecule has 0 atom stereocenters. The third-order valence-corrected chi connectivity index (χ3v) is 4.75. The molecule has 2 aromatic rings. The van der Waals surface area contributed by atoms with Gasteiger partial charge in [-0.05, 0) is 52.3 Å². The van der Waals surface area contributed by atoms with E-state index in [0.29, 0.717) is 4.47 Å². The summed E-state index contributed by atoms with van der Waals surface area (Å²) in [6.45, 7) is 0. The molecule has 0 unspecified atom stereocenters. The Kier molecular flexibility index (Phi) is 4.92. The fourth-order valence-corrected chi connectivity index (χ4v) is 2.66. The molecule has 0 saturated heterocycles. The Bertz CT molecular complexity index is 789. The summed E-state index contributed by atoms with van der Waals surface area (Å²) >= 11 is 3.21. The molecule has 0 aliphatic heterocycles. The van der Waals surface area contributed by atoms with Crippen molar-refractivity contribution in [2.45, 2.75) is 10.7 Å². The molecule has 116 valence electrons. The summed E-state index contributed by atoms with van der Waals surface area (Å²) in [5.41, 5.74) is 0.0453. The molecule has 0 aromatic heterocycles. The van der Waals surface area contributed by atoms with Crippen LogP contribution in [0.3, 0.4) is 0 Å². The third-order valence-electron chi connectivity index (χ3n) is 2.69. The zero-order chi connectivity index (χ0) is 16.3. The molecule has 0 fully saturated rings. The Morgan fingerprint density at radius 3 is 2.18 bits per heavy atom. The lowest BCUT2D eigenvalue weighted by atomic mass is 10.2. The van der Waals surface area contributed by atoms with E-state index < -0.39 is 26.5 Å². The van der Waals surface area contributed by atoms with E-state index in [1.807, 2.05) is 0 Å². The van der Waals surface area contributed by atoms with Crippen LogP contribution in [0.25, 0.3) is 0 Å². The molecule has 0 heterocycles. The number of hydrogen-bond donors (Lipinski definition) is 0. The van der Waals surface area contributed by atoms with Gasteiger partial charge in [-0.3, -0.25) is 0 Å². The first-order valence-corrected chi connectivity index (χ1v) is 8.25. The average Bonchev–Trinajstić information content (AvgIpc) is 2.49. The van der Waals surface area contributed by atoms with Gasteiger partial charge in [0.05, 0.1) is 14.9 Å². The number of hydrogen-bond acceptors (Lipinski definition) is 4. The lowest BCUT2D eigenvalue weighted by Crippen LogP contribution is -2.12. The lowest BCUT2D eigenvalue weighted by molar-refractivity contribution is 0.0733. The number of rotatable bonds is 4. The monoisotopic (exact) mass is 390 g/mol. The molecular weight excluding hydrogens is 382 g/mol. The van der Waals surface area contributed by atoms with E-state index in [0.717, 1.165) is 24.3 Å². The van der Waals surface area contributed by atoms with Gasteiger partial charge < -0.3 is 4.74 Å². The Morgan fingerprint density at radius 1 is 1.05 bits per heavy atom. The second-order valence-electron chi connectivity index (χ2n) is 4.15. The number of para-hydroxylation sites is 1. The van der Waals surface area contributed by atoms with Gasteiger partial charge in [0.1, 0.15) is 5.75 Å². The Morgan fingerprint density at radius 2 is 1.64 bits per heavy atom. The van der Waals surface area contributed by atoms with Crippen molar-refractivity contribution in [3.8, 4) is 5.75 Å². The predicted molar refractivity (Wildman–Crippen MR) is 78.7 cm³/mol. The minimum atomic E-state index is -4.68. The van der Waals surface area contributed by atoms with E-state index in [-0.39, 0.29) is 11.3 Å². The van der Waals surface area contributed by atoms with Crippen molar-refractivity contribution in [1.82, 2.24) is 0 Å². The topological polar surface area (TPSA) is 60.4 Å². The number of ether oxygens (including phenoxy) is 1. The van der Waals surface area contributed by atoms with Crippen LogP contribution in [0.15, 0.2) is 57.9 Å². The number of esters is 1. The summed E-state index contributed by atoms with van der Waals surface area (Å²) in [5, 5.41) is 0. The number of halogens is 3. The lowest BCUT2D eigenvalue weighted by Gasteiger charge is -2.07. The molecule has 0 bridgehead atoms. The first-order valence-electron chi connectivity index (χ1n) is 5.91. The van der Waals surface area contributed by atoms with Gasteiger partial charge in [0.2, 0.25) is 9.84 Å². The largest absolute Gasteiger partial charge is 0.422 e. The van der Waals surface area contributed by atoms with Crippen LogP contribution in [0.5, 0.6) is 5.75 Å². The second kappa shape index (κ2) is 6.53. The van der Waals surface area contributed by atoms with Crippen LogP contribution in [0, 0.1) is 0 Å². The summed E-state index contributed by atoms with van der Waals surface area (Å²) < 4.78 is 53.1. The highest BCUT2D eigenvalue weighted by molar-refractivity contribution is 9.10. The number of carbonyl (C=O) groups excluding carboxylic acids is 1. The maximum Gasteiger partial charge on any atom is 0.343 e. The molecule has 0 aliphatic rings. The molecule has 0 radical (unpaired) electrons. The first-order chi connectivity index (χ1) is 10.3. The minimum Gasteiger partial charge on any atom is -0.422 e. The molecule has 0 saturated carbocycles. The van der Waals surface area contributed by atoms with E-state index in [9.17, 15) is 22.0 Å². The molecule has 22 heavy (non-hydrogen) atoms. The predicted octanol–water partition coefficient (Wildman–Crippen LogP) is 3.66. The van der Waals surface area contributed by atoms with Gasteiger partial charge in [-0.1, -0.05) is 12.1 Å². The van der Waals surface area contributed by atoms with Crippen LogP contribution in [0.1, 0.15) is 10.4 Å². The van der Waals surface area contributed by atoms with E-state index in [1.165, 1.54) is 0 Å². The normalized spacial score (nSPS) is 11.5. The maximum atomic E-state index is 12.4. The molecule has 8 heteroatoms. The minimum absolute atomic E-state index is 0.0453. The highest BCUT2D eigenvalue weighted by Gasteiger charge is 2.26. The maximum absolute atomic E-state index is 12.4. The summed E-state index contributed by atoms with van der Waals surface area (Å²) in [5.74, 6) is -3.95. The zero-order valence-electron chi connectivity index (χ0n) is 10.9. The Labute approximate surface area is 133 Å². The van der Waals surface area contributed by atoms with Gasteiger partial charge in [0, 0.05) is 0 Å². The van der Waals surface area contributed by atoms with Crippen molar-refractivity contribution in [1.29, 1.82) is 0 Å². The van der Waals surface area contributed by atoms with E-state index >= 15 is 0 Å². The Hall–Kier alpha value is -1.80. The SMILES string of the molecule is O=C(Oc1ccccc1Br)c1ccc(S(=O)(=O)C(F)F)cc1.